The van der Waals surface area contributed by atoms with Gasteiger partial charge in [-0.1, -0.05) is 59.8 Å². The van der Waals surface area contributed by atoms with Crippen molar-refractivity contribution in [1.82, 2.24) is 0 Å². The van der Waals surface area contributed by atoms with Gasteiger partial charge in [-0.2, -0.15) is 0 Å². The van der Waals surface area contributed by atoms with Crippen LogP contribution in [0.2, 0.25) is 0 Å². The molecule has 14 heavy (non-hydrogen) atoms. The summed E-state index contributed by atoms with van der Waals surface area (Å²) in [7, 11) is 0. The first kappa shape index (κ1) is 12.1. The highest BCUT2D eigenvalue weighted by Crippen LogP contribution is 2.33. The Labute approximate surface area is 90.5 Å². The van der Waals surface area contributed by atoms with Gasteiger partial charge in [-0.25, -0.2) is 0 Å². The van der Waals surface area contributed by atoms with Gasteiger partial charge in [0.25, 0.3) is 0 Å². The molecule has 0 spiro atoms. The molecule has 1 fully saturated rings. The molecule has 0 heterocycles. The largest absolute Gasteiger partial charge is 0.0625 e. The molecular formula is C14H28. The lowest BCUT2D eigenvalue weighted by atomic mass is 9.80. The van der Waals surface area contributed by atoms with Crippen LogP contribution < -0.4 is 0 Å². The molecule has 0 atom stereocenters. The summed E-state index contributed by atoms with van der Waals surface area (Å²) in [6.07, 6.45) is 9.00. The van der Waals surface area contributed by atoms with Crippen LogP contribution in [0.5, 0.6) is 0 Å². The summed E-state index contributed by atoms with van der Waals surface area (Å²) in [5.41, 5.74) is 0. The minimum Gasteiger partial charge on any atom is -0.0625 e. The second-order valence-electron chi connectivity index (χ2n) is 5.88. The average molecular weight is 196 g/mol. The molecule has 0 bridgehead atoms. The molecule has 0 aromatic heterocycles. The van der Waals surface area contributed by atoms with Gasteiger partial charge in [-0.3, -0.25) is 0 Å². The van der Waals surface area contributed by atoms with Crippen LogP contribution in [0.25, 0.3) is 0 Å². The average Bonchev–Trinajstić information content (AvgIpc) is 2.55. The number of hydrogen-bond donors (Lipinski definition) is 0. The summed E-state index contributed by atoms with van der Waals surface area (Å²) in [5.74, 6) is 3.78. The molecule has 0 heteroatoms. The molecule has 0 N–H and O–H groups in total. The van der Waals surface area contributed by atoms with Crippen LogP contribution in [0, 0.1) is 23.7 Å². The molecule has 1 aliphatic carbocycles. The van der Waals surface area contributed by atoms with E-state index < -0.39 is 0 Å². The predicted molar refractivity (Wildman–Crippen MR) is 64.4 cm³/mol. The summed E-state index contributed by atoms with van der Waals surface area (Å²) in [4.78, 5) is 0. The normalized spacial score (nSPS) is 19.1. The monoisotopic (exact) mass is 196 g/mol. The maximum atomic E-state index is 2.39. The fourth-order valence-electron chi connectivity index (χ4n) is 3.16. The second kappa shape index (κ2) is 5.78. The van der Waals surface area contributed by atoms with Crippen LogP contribution in [-0.2, 0) is 0 Å². The van der Waals surface area contributed by atoms with E-state index in [2.05, 4.69) is 27.7 Å². The summed E-state index contributed by atoms with van der Waals surface area (Å²) >= 11 is 0. The van der Waals surface area contributed by atoms with Gasteiger partial charge in [-0.05, 0) is 30.1 Å². The van der Waals surface area contributed by atoms with E-state index in [1.54, 1.807) is 0 Å². The van der Waals surface area contributed by atoms with Crippen LogP contribution in [0.3, 0.4) is 0 Å². The lowest BCUT2D eigenvalue weighted by Crippen LogP contribution is -2.16. The van der Waals surface area contributed by atoms with Crippen molar-refractivity contribution in [3.05, 3.63) is 0 Å². The van der Waals surface area contributed by atoms with E-state index in [1.807, 2.05) is 0 Å². The van der Waals surface area contributed by atoms with Crippen LogP contribution >= 0.6 is 0 Å². The Hall–Kier alpha value is 0. The molecule has 0 amide bonds. The number of rotatable bonds is 5. The first-order chi connectivity index (χ1) is 6.61. The van der Waals surface area contributed by atoms with Crippen molar-refractivity contribution in [3.63, 3.8) is 0 Å². The lowest BCUT2D eigenvalue weighted by Gasteiger charge is -2.26. The van der Waals surface area contributed by atoms with E-state index in [9.17, 15) is 0 Å². The second-order valence-corrected chi connectivity index (χ2v) is 5.88. The molecule has 0 saturated heterocycles. The third kappa shape index (κ3) is 3.63. The molecule has 1 saturated carbocycles. The molecule has 0 unspecified atom stereocenters. The molecule has 0 aliphatic heterocycles. The van der Waals surface area contributed by atoms with Gasteiger partial charge in [0, 0.05) is 0 Å². The van der Waals surface area contributed by atoms with Crippen molar-refractivity contribution in [1.29, 1.82) is 0 Å². The highest BCUT2D eigenvalue weighted by molar-refractivity contribution is 4.72. The quantitative estimate of drug-likeness (QED) is 0.587. The Balaban J connectivity index is 2.25. The smallest absolute Gasteiger partial charge is 0.0368 e. The Bertz CT molecular complexity index is 132. The minimum atomic E-state index is 0.872. The maximum absolute atomic E-state index is 2.39. The summed E-state index contributed by atoms with van der Waals surface area (Å²) in [5, 5.41) is 0. The Morgan fingerprint density at radius 2 is 1.43 bits per heavy atom. The van der Waals surface area contributed by atoms with E-state index >= 15 is 0 Å². The van der Waals surface area contributed by atoms with Crippen molar-refractivity contribution in [3.8, 4) is 0 Å². The van der Waals surface area contributed by atoms with E-state index in [1.165, 1.54) is 38.5 Å². The van der Waals surface area contributed by atoms with E-state index in [4.69, 9.17) is 0 Å². The van der Waals surface area contributed by atoms with Gasteiger partial charge in [0.15, 0.2) is 0 Å². The maximum Gasteiger partial charge on any atom is -0.0368 e. The zero-order valence-electron chi connectivity index (χ0n) is 10.6. The van der Waals surface area contributed by atoms with Crippen molar-refractivity contribution >= 4 is 0 Å². The molecule has 1 aliphatic rings. The van der Waals surface area contributed by atoms with Crippen molar-refractivity contribution < 1.29 is 0 Å². The highest BCUT2D eigenvalue weighted by Gasteiger charge is 2.21. The van der Waals surface area contributed by atoms with Crippen molar-refractivity contribution in [2.45, 2.75) is 66.2 Å². The molecule has 0 aromatic carbocycles. The van der Waals surface area contributed by atoms with Crippen LogP contribution in [0.4, 0.5) is 0 Å². The van der Waals surface area contributed by atoms with Gasteiger partial charge < -0.3 is 0 Å². The fourth-order valence-corrected chi connectivity index (χ4v) is 3.16. The van der Waals surface area contributed by atoms with Crippen molar-refractivity contribution in [2.24, 2.45) is 23.7 Å². The van der Waals surface area contributed by atoms with Gasteiger partial charge in [-0.15, -0.1) is 0 Å². The van der Waals surface area contributed by atoms with Crippen LogP contribution in [-0.4, -0.2) is 0 Å². The first-order valence-electron chi connectivity index (χ1n) is 6.61. The zero-order valence-corrected chi connectivity index (χ0v) is 10.6. The molecular weight excluding hydrogens is 168 g/mol. The van der Waals surface area contributed by atoms with E-state index in [-0.39, 0.29) is 0 Å². The standard InChI is InChI=1S/C14H28/c1-11(2)14(12(3)4)10-9-13-7-5-6-8-13/h11-14H,5-10H2,1-4H3. The SMILES string of the molecule is CC(C)C(CCC1CCCC1)C(C)C. The van der Waals surface area contributed by atoms with Gasteiger partial charge >= 0.3 is 0 Å². The van der Waals surface area contributed by atoms with Gasteiger partial charge in [0.1, 0.15) is 0 Å². The first-order valence-corrected chi connectivity index (χ1v) is 6.61. The van der Waals surface area contributed by atoms with E-state index in [0.29, 0.717) is 0 Å². The highest BCUT2D eigenvalue weighted by atomic mass is 14.3. The Morgan fingerprint density at radius 1 is 0.929 bits per heavy atom. The van der Waals surface area contributed by atoms with E-state index in [0.717, 1.165) is 23.7 Å². The van der Waals surface area contributed by atoms with Gasteiger partial charge in [0.2, 0.25) is 0 Å². The van der Waals surface area contributed by atoms with Crippen LogP contribution in [0.1, 0.15) is 66.2 Å². The van der Waals surface area contributed by atoms with Crippen molar-refractivity contribution in [2.75, 3.05) is 0 Å². The molecule has 1 rings (SSSR count). The molecule has 0 nitrogen and oxygen atoms in total. The summed E-state index contributed by atoms with van der Waals surface area (Å²) in [6, 6.07) is 0. The van der Waals surface area contributed by atoms with Crippen LogP contribution in [0.15, 0.2) is 0 Å². The predicted octanol–water partition coefficient (Wildman–Crippen LogP) is 4.89. The Kier molecular flexibility index (Phi) is 4.98. The molecule has 84 valence electrons. The fraction of sp³-hybridized carbons (Fsp3) is 1.00. The molecule has 0 radical (unpaired) electrons. The Morgan fingerprint density at radius 3 is 1.86 bits per heavy atom. The van der Waals surface area contributed by atoms with Gasteiger partial charge in [0.05, 0.1) is 0 Å². The third-order valence-electron chi connectivity index (χ3n) is 4.10. The molecule has 0 aromatic rings. The topological polar surface area (TPSA) is 0 Å². The minimum absolute atomic E-state index is 0.872. The summed E-state index contributed by atoms with van der Waals surface area (Å²) < 4.78 is 0. The number of hydrogen-bond acceptors (Lipinski definition) is 0. The third-order valence-corrected chi connectivity index (χ3v) is 4.10. The lowest BCUT2D eigenvalue weighted by molar-refractivity contribution is 0.247. The zero-order chi connectivity index (χ0) is 10.6. The summed E-state index contributed by atoms with van der Waals surface area (Å²) in [6.45, 7) is 9.55.